The number of carbonyl (C=O) groups is 2. The number of hydrogen-bond donors (Lipinski definition) is 1. The number of amides is 2. The van der Waals surface area contributed by atoms with E-state index in [2.05, 4.69) is 18.8 Å². The molecule has 0 atom stereocenters. The lowest BCUT2D eigenvalue weighted by molar-refractivity contribution is 0.0537. The highest BCUT2D eigenvalue weighted by Crippen LogP contribution is 2.21. The van der Waals surface area contributed by atoms with Crippen molar-refractivity contribution in [1.29, 1.82) is 0 Å². The predicted octanol–water partition coefficient (Wildman–Crippen LogP) is 3.11. The number of rotatable bonds is 3. The number of H-pyrrole nitrogens is 1. The molecule has 6 heteroatoms. The van der Waals surface area contributed by atoms with Crippen molar-refractivity contribution in [2.45, 2.75) is 26.7 Å². The van der Waals surface area contributed by atoms with Crippen molar-refractivity contribution >= 4 is 23.2 Å². The van der Waals surface area contributed by atoms with Crippen LogP contribution in [0.5, 0.6) is 0 Å². The van der Waals surface area contributed by atoms with Crippen molar-refractivity contribution in [3.63, 3.8) is 0 Å². The Bertz CT molecular complexity index is 739. The summed E-state index contributed by atoms with van der Waals surface area (Å²) in [5, 5.41) is 0. The van der Waals surface area contributed by atoms with Crippen molar-refractivity contribution in [1.82, 2.24) is 14.8 Å². The number of aromatic nitrogens is 1. The van der Waals surface area contributed by atoms with E-state index < -0.39 is 0 Å². The zero-order valence-corrected chi connectivity index (χ0v) is 15.2. The zero-order chi connectivity index (χ0) is 17.3. The van der Waals surface area contributed by atoms with Crippen LogP contribution in [0, 0.1) is 6.92 Å². The van der Waals surface area contributed by atoms with Gasteiger partial charge in [0.25, 0.3) is 11.8 Å². The minimum atomic E-state index is 0.0546. The third-order valence-corrected chi connectivity index (χ3v) is 5.38. The molecule has 1 aliphatic heterocycles. The third-order valence-electron chi connectivity index (χ3n) is 4.39. The Kier molecular flexibility index (Phi) is 4.76. The van der Waals surface area contributed by atoms with E-state index in [4.69, 9.17) is 0 Å². The van der Waals surface area contributed by atoms with Gasteiger partial charge < -0.3 is 14.8 Å². The van der Waals surface area contributed by atoms with E-state index in [-0.39, 0.29) is 17.7 Å². The van der Waals surface area contributed by atoms with Crippen LogP contribution in [0.1, 0.15) is 50.4 Å². The molecule has 2 aromatic heterocycles. The average Bonchev–Trinajstić information content (AvgIpc) is 3.22. The highest BCUT2D eigenvalue weighted by Gasteiger charge is 2.27. The molecule has 1 fully saturated rings. The van der Waals surface area contributed by atoms with Gasteiger partial charge in [-0.05, 0) is 31.0 Å². The molecule has 0 radical (unpaired) electrons. The number of thiophene rings is 1. The van der Waals surface area contributed by atoms with Crippen LogP contribution in [-0.2, 0) is 0 Å². The lowest BCUT2D eigenvalue weighted by atomic mass is 10.1. The molecule has 1 saturated heterocycles. The van der Waals surface area contributed by atoms with Crippen molar-refractivity contribution in [3.8, 4) is 0 Å². The molecule has 0 aromatic carbocycles. The van der Waals surface area contributed by atoms with Gasteiger partial charge in [-0.15, -0.1) is 11.3 Å². The lowest BCUT2D eigenvalue weighted by Crippen LogP contribution is -2.50. The monoisotopic (exact) mass is 345 g/mol. The van der Waals surface area contributed by atoms with Crippen molar-refractivity contribution in [2.75, 3.05) is 26.2 Å². The van der Waals surface area contributed by atoms with E-state index in [1.807, 2.05) is 41.1 Å². The number of carbonyl (C=O) groups excluding carboxylic acids is 2. The minimum Gasteiger partial charge on any atom is -0.364 e. The first kappa shape index (κ1) is 16.8. The first-order valence-electron chi connectivity index (χ1n) is 8.29. The molecule has 2 aromatic rings. The van der Waals surface area contributed by atoms with Gasteiger partial charge in [0.2, 0.25) is 0 Å². The Morgan fingerprint density at radius 1 is 1.04 bits per heavy atom. The van der Waals surface area contributed by atoms with E-state index in [0.29, 0.717) is 26.2 Å². The number of aryl methyl sites for hydroxylation is 1. The second kappa shape index (κ2) is 6.81. The molecule has 3 heterocycles. The summed E-state index contributed by atoms with van der Waals surface area (Å²) in [4.78, 5) is 34.0. The Morgan fingerprint density at radius 2 is 1.67 bits per heavy atom. The summed E-state index contributed by atoms with van der Waals surface area (Å²) in [6.07, 6.45) is 1.82. The highest BCUT2D eigenvalue weighted by atomic mass is 32.1. The van der Waals surface area contributed by atoms with Gasteiger partial charge in [-0.1, -0.05) is 13.8 Å². The first-order chi connectivity index (χ1) is 11.5. The van der Waals surface area contributed by atoms with Gasteiger partial charge in [-0.3, -0.25) is 9.59 Å². The third kappa shape index (κ3) is 3.24. The lowest BCUT2D eigenvalue weighted by Gasteiger charge is -2.34. The van der Waals surface area contributed by atoms with E-state index in [0.717, 1.165) is 21.0 Å². The number of hydrogen-bond acceptors (Lipinski definition) is 3. The highest BCUT2D eigenvalue weighted by molar-refractivity contribution is 7.13. The standard InChI is InChI=1S/C18H23N3O2S/c1-12(2)16-14(6-7-19-16)17(22)20-8-10-21(11-9-20)18(23)15-5-4-13(3)24-15/h4-7,12,19H,8-11H2,1-3H3. The summed E-state index contributed by atoms with van der Waals surface area (Å²) in [6, 6.07) is 5.70. The summed E-state index contributed by atoms with van der Waals surface area (Å²) in [5.41, 5.74) is 1.73. The Labute approximate surface area is 146 Å². The first-order valence-corrected chi connectivity index (χ1v) is 9.11. The number of nitrogens with zero attached hydrogens (tertiary/aromatic N) is 2. The Morgan fingerprint density at radius 3 is 2.21 bits per heavy atom. The second-order valence-electron chi connectivity index (χ2n) is 6.45. The van der Waals surface area contributed by atoms with Crippen molar-refractivity contribution < 1.29 is 9.59 Å². The van der Waals surface area contributed by atoms with Gasteiger partial charge in [0.15, 0.2) is 0 Å². The second-order valence-corrected chi connectivity index (χ2v) is 7.74. The maximum absolute atomic E-state index is 12.7. The Hall–Kier alpha value is -2.08. The molecule has 0 unspecified atom stereocenters. The van der Waals surface area contributed by atoms with Gasteiger partial charge in [0, 0.05) is 42.9 Å². The molecule has 0 bridgehead atoms. The van der Waals surface area contributed by atoms with E-state index >= 15 is 0 Å². The predicted molar refractivity (Wildman–Crippen MR) is 95.7 cm³/mol. The summed E-state index contributed by atoms with van der Waals surface area (Å²) in [5.74, 6) is 0.410. The fraction of sp³-hybridized carbons (Fsp3) is 0.444. The van der Waals surface area contributed by atoms with Gasteiger partial charge in [-0.2, -0.15) is 0 Å². The number of aromatic amines is 1. The molecule has 0 aliphatic carbocycles. The summed E-state index contributed by atoms with van der Waals surface area (Å²) < 4.78 is 0. The quantitative estimate of drug-likeness (QED) is 0.929. The van der Waals surface area contributed by atoms with Gasteiger partial charge in [0.1, 0.15) is 0 Å². The summed E-state index contributed by atoms with van der Waals surface area (Å²) in [7, 11) is 0. The molecule has 24 heavy (non-hydrogen) atoms. The van der Waals surface area contributed by atoms with Gasteiger partial charge in [-0.25, -0.2) is 0 Å². The largest absolute Gasteiger partial charge is 0.364 e. The van der Waals surface area contributed by atoms with Crippen LogP contribution in [0.4, 0.5) is 0 Å². The zero-order valence-electron chi connectivity index (χ0n) is 14.3. The molecular formula is C18H23N3O2S. The number of piperazine rings is 1. The molecule has 3 rings (SSSR count). The van der Waals surface area contributed by atoms with E-state index in [1.54, 1.807) is 0 Å². The maximum atomic E-state index is 12.7. The van der Waals surface area contributed by atoms with Crippen LogP contribution >= 0.6 is 11.3 Å². The Balaban J connectivity index is 1.63. The molecule has 1 aliphatic rings. The van der Waals surface area contributed by atoms with Crippen LogP contribution in [0.3, 0.4) is 0 Å². The van der Waals surface area contributed by atoms with Gasteiger partial charge >= 0.3 is 0 Å². The normalized spacial score (nSPS) is 15.2. The summed E-state index contributed by atoms with van der Waals surface area (Å²) >= 11 is 1.52. The fourth-order valence-corrected chi connectivity index (χ4v) is 3.87. The van der Waals surface area contributed by atoms with Crippen LogP contribution in [0.2, 0.25) is 0 Å². The molecule has 128 valence electrons. The molecule has 5 nitrogen and oxygen atoms in total. The molecule has 1 N–H and O–H groups in total. The number of nitrogens with one attached hydrogen (secondary N) is 1. The smallest absolute Gasteiger partial charge is 0.264 e. The molecule has 0 saturated carbocycles. The van der Waals surface area contributed by atoms with Crippen LogP contribution in [0.15, 0.2) is 24.4 Å². The van der Waals surface area contributed by atoms with Crippen molar-refractivity contribution in [2.24, 2.45) is 0 Å². The minimum absolute atomic E-state index is 0.0546. The van der Waals surface area contributed by atoms with Crippen molar-refractivity contribution in [3.05, 3.63) is 45.4 Å². The van der Waals surface area contributed by atoms with E-state index in [1.165, 1.54) is 11.3 Å². The summed E-state index contributed by atoms with van der Waals surface area (Å²) in [6.45, 7) is 8.48. The van der Waals surface area contributed by atoms with Crippen LogP contribution in [-0.4, -0.2) is 52.8 Å². The average molecular weight is 345 g/mol. The molecule has 0 spiro atoms. The molecular weight excluding hydrogens is 322 g/mol. The SMILES string of the molecule is Cc1ccc(C(=O)N2CCN(C(=O)c3cc[nH]c3C(C)C)CC2)s1. The topological polar surface area (TPSA) is 56.4 Å². The van der Waals surface area contributed by atoms with Crippen LogP contribution in [0.25, 0.3) is 0 Å². The molecule has 2 amide bonds. The fourth-order valence-electron chi connectivity index (χ4n) is 3.03. The van der Waals surface area contributed by atoms with E-state index in [9.17, 15) is 9.59 Å². The van der Waals surface area contributed by atoms with Gasteiger partial charge in [0.05, 0.1) is 10.4 Å². The van der Waals surface area contributed by atoms with Crippen LogP contribution < -0.4 is 0 Å². The maximum Gasteiger partial charge on any atom is 0.264 e.